The monoisotopic (exact) mass is 432 g/mol. The van der Waals surface area contributed by atoms with E-state index in [1.165, 1.54) is 4.90 Å². The van der Waals surface area contributed by atoms with Crippen molar-refractivity contribution < 1.29 is 14.3 Å². The van der Waals surface area contributed by atoms with E-state index >= 15 is 0 Å². The first-order valence-electron chi connectivity index (χ1n) is 7.78. The van der Waals surface area contributed by atoms with Crippen LogP contribution in [0.1, 0.15) is 5.56 Å². The highest BCUT2D eigenvalue weighted by Gasteiger charge is 2.36. The fourth-order valence-electron chi connectivity index (χ4n) is 2.70. The van der Waals surface area contributed by atoms with Gasteiger partial charge in [-0.05, 0) is 52.4 Å². The van der Waals surface area contributed by atoms with Gasteiger partial charge in [-0.3, -0.25) is 9.69 Å². The first-order chi connectivity index (χ1) is 12.5. The summed E-state index contributed by atoms with van der Waals surface area (Å²) in [5.74, 6) is 1.07. The van der Waals surface area contributed by atoms with E-state index in [1.54, 1.807) is 38.3 Å². The van der Waals surface area contributed by atoms with E-state index in [-0.39, 0.29) is 5.91 Å². The normalized spacial score (nSPS) is 15.8. The lowest BCUT2D eigenvalue weighted by Crippen LogP contribution is -2.30. The molecule has 0 spiro atoms. The summed E-state index contributed by atoms with van der Waals surface area (Å²) in [7, 11) is 4.94. The average molecular weight is 433 g/mol. The number of ether oxygens (including phenoxy) is 2. The maximum Gasteiger partial charge on any atom is 0.281 e. The molecule has 0 unspecified atom stereocenters. The molecular weight excluding hydrogens is 416 g/mol. The third-order valence-corrected chi connectivity index (χ3v) is 5.15. The lowest BCUT2D eigenvalue weighted by molar-refractivity contribution is -0.114. The Hall–Kier alpha value is -2.38. The molecule has 1 heterocycles. The molecule has 2 aromatic rings. The SMILES string of the molecule is COc1cc(OC)c(/C=C2/C(=O)N(c3ccccc3)C(=S)N2C)cc1Br. The molecule has 1 saturated heterocycles. The zero-order chi connectivity index (χ0) is 18.8. The largest absolute Gasteiger partial charge is 0.496 e. The maximum absolute atomic E-state index is 13.0. The summed E-state index contributed by atoms with van der Waals surface area (Å²) in [6.07, 6.45) is 1.76. The van der Waals surface area contributed by atoms with Gasteiger partial charge in [0.05, 0.1) is 24.4 Å². The molecule has 3 rings (SSSR count). The van der Waals surface area contributed by atoms with E-state index in [0.29, 0.717) is 22.3 Å². The molecule has 7 heteroatoms. The van der Waals surface area contributed by atoms with Crippen LogP contribution in [0.5, 0.6) is 11.5 Å². The summed E-state index contributed by atoms with van der Waals surface area (Å²) in [6.45, 7) is 0. The van der Waals surface area contributed by atoms with Crippen LogP contribution in [0.4, 0.5) is 5.69 Å². The lowest BCUT2D eigenvalue weighted by Gasteiger charge is -2.16. The second-order valence-electron chi connectivity index (χ2n) is 5.58. The number of methoxy groups -OCH3 is 2. The van der Waals surface area contributed by atoms with Crippen LogP contribution in [0.15, 0.2) is 52.6 Å². The van der Waals surface area contributed by atoms with Crippen molar-refractivity contribution in [3.8, 4) is 11.5 Å². The minimum absolute atomic E-state index is 0.183. The topological polar surface area (TPSA) is 42.0 Å². The first-order valence-corrected chi connectivity index (χ1v) is 8.98. The van der Waals surface area contributed by atoms with Gasteiger partial charge in [-0.25, -0.2) is 0 Å². The summed E-state index contributed by atoms with van der Waals surface area (Å²) >= 11 is 8.94. The molecule has 0 aromatic heterocycles. The molecular formula is C19H17BrN2O3S. The number of thiocarbonyl (C=S) groups is 1. The summed E-state index contributed by atoms with van der Waals surface area (Å²) < 4.78 is 11.5. The van der Waals surface area contributed by atoms with Crippen LogP contribution in [0.25, 0.3) is 6.08 Å². The van der Waals surface area contributed by atoms with E-state index in [9.17, 15) is 4.79 Å². The Kier molecular flexibility index (Phi) is 5.29. The standard InChI is InChI=1S/C19H17BrN2O3S/c1-21-15(10-12-9-14(20)17(25-3)11-16(12)24-2)18(23)22(19(21)26)13-7-5-4-6-8-13/h4-11H,1-3H3/b15-10-. The average Bonchev–Trinajstić information content (AvgIpc) is 2.86. The number of carbonyl (C=O) groups excluding carboxylic acids is 1. The van der Waals surface area contributed by atoms with Gasteiger partial charge in [0.25, 0.3) is 5.91 Å². The van der Waals surface area contributed by atoms with Gasteiger partial charge in [0.2, 0.25) is 0 Å². The highest BCUT2D eigenvalue weighted by molar-refractivity contribution is 9.10. The smallest absolute Gasteiger partial charge is 0.281 e. The number of para-hydroxylation sites is 1. The molecule has 0 bridgehead atoms. The van der Waals surface area contributed by atoms with Crippen LogP contribution < -0.4 is 14.4 Å². The number of amides is 1. The second kappa shape index (κ2) is 7.47. The summed E-state index contributed by atoms with van der Waals surface area (Å²) in [5, 5.41) is 0.430. The number of anilines is 1. The highest BCUT2D eigenvalue weighted by atomic mass is 79.9. The van der Waals surface area contributed by atoms with Gasteiger partial charge >= 0.3 is 0 Å². The zero-order valence-electron chi connectivity index (χ0n) is 14.5. The number of hydrogen-bond donors (Lipinski definition) is 0. The fraction of sp³-hybridized carbons (Fsp3) is 0.158. The van der Waals surface area contributed by atoms with E-state index in [2.05, 4.69) is 15.9 Å². The molecule has 0 N–H and O–H groups in total. The van der Waals surface area contributed by atoms with Crippen molar-refractivity contribution in [3.05, 3.63) is 58.2 Å². The number of carbonyl (C=O) groups is 1. The third kappa shape index (κ3) is 3.20. The van der Waals surface area contributed by atoms with E-state index < -0.39 is 0 Å². The van der Waals surface area contributed by atoms with Crippen molar-refractivity contribution in [1.82, 2.24) is 4.90 Å². The van der Waals surface area contributed by atoms with E-state index in [1.807, 2.05) is 36.4 Å². The fourth-order valence-corrected chi connectivity index (χ4v) is 3.51. The molecule has 0 saturated carbocycles. The number of benzene rings is 2. The van der Waals surface area contributed by atoms with Crippen LogP contribution >= 0.6 is 28.1 Å². The van der Waals surface area contributed by atoms with Crippen LogP contribution in [0.2, 0.25) is 0 Å². The Labute approximate surface area is 165 Å². The molecule has 0 aliphatic carbocycles. The van der Waals surface area contributed by atoms with Gasteiger partial charge in [-0.15, -0.1) is 0 Å². The molecule has 1 aliphatic rings. The molecule has 1 fully saturated rings. The highest BCUT2D eigenvalue weighted by Crippen LogP contribution is 2.35. The van der Waals surface area contributed by atoms with Crippen LogP contribution in [-0.4, -0.2) is 37.2 Å². The van der Waals surface area contributed by atoms with E-state index in [0.717, 1.165) is 15.7 Å². The van der Waals surface area contributed by atoms with Crippen LogP contribution in [0.3, 0.4) is 0 Å². The minimum Gasteiger partial charge on any atom is -0.496 e. The zero-order valence-corrected chi connectivity index (χ0v) is 16.9. The first kappa shape index (κ1) is 18.4. The Morgan fingerprint density at radius 3 is 2.35 bits per heavy atom. The summed E-state index contributed by atoms with van der Waals surface area (Å²) in [4.78, 5) is 16.2. The van der Waals surface area contributed by atoms with E-state index in [4.69, 9.17) is 21.7 Å². The third-order valence-electron chi connectivity index (χ3n) is 4.07. The second-order valence-corrected chi connectivity index (χ2v) is 6.80. The Morgan fingerprint density at radius 2 is 1.73 bits per heavy atom. The van der Waals surface area contributed by atoms with Gasteiger partial charge in [0.15, 0.2) is 5.11 Å². The number of nitrogens with zero attached hydrogens (tertiary/aromatic N) is 2. The molecule has 2 aromatic carbocycles. The molecule has 1 amide bonds. The minimum atomic E-state index is -0.183. The quantitative estimate of drug-likeness (QED) is 0.537. The molecule has 26 heavy (non-hydrogen) atoms. The van der Waals surface area contributed by atoms with Crippen molar-refractivity contribution >= 4 is 50.9 Å². The van der Waals surface area contributed by atoms with Crippen molar-refractivity contribution in [2.75, 3.05) is 26.2 Å². The number of hydrogen-bond acceptors (Lipinski definition) is 4. The molecule has 0 atom stereocenters. The lowest BCUT2D eigenvalue weighted by atomic mass is 10.1. The number of rotatable bonds is 4. The predicted molar refractivity (Wildman–Crippen MR) is 110 cm³/mol. The summed E-state index contributed by atoms with van der Waals surface area (Å²) in [5.41, 5.74) is 1.95. The summed E-state index contributed by atoms with van der Waals surface area (Å²) in [6, 6.07) is 13.0. The van der Waals surface area contributed by atoms with Crippen molar-refractivity contribution in [1.29, 1.82) is 0 Å². The van der Waals surface area contributed by atoms with Gasteiger partial charge in [0, 0.05) is 18.7 Å². The van der Waals surface area contributed by atoms with Gasteiger partial charge in [0.1, 0.15) is 17.2 Å². The van der Waals surface area contributed by atoms with Gasteiger partial charge in [-0.2, -0.15) is 0 Å². The number of halogens is 1. The Bertz CT molecular complexity index is 899. The van der Waals surface area contributed by atoms with Crippen LogP contribution in [0, 0.1) is 0 Å². The Morgan fingerprint density at radius 1 is 1.08 bits per heavy atom. The Balaban J connectivity index is 2.06. The van der Waals surface area contributed by atoms with Crippen molar-refractivity contribution in [2.45, 2.75) is 0 Å². The maximum atomic E-state index is 13.0. The van der Waals surface area contributed by atoms with Gasteiger partial charge in [-0.1, -0.05) is 18.2 Å². The van der Waals surface area contributed by atoms with Gasteiger partial charge < -0.3 is 14.4 Å². The molecule has 1 aliphatic heterocycles. The predicted octanol–water partition coefficient (Wildman–Crippen LogP) is 4.07. The molecule has 0 radical (unpaired) electrons. The molecule has 5 nitrogen and oxygen atoms in total. The van der Waals surface area contributed by atoms with Crippen molar-refractivity contribution in [2.24, 2.45) is 0 Å². The van der Waals surface area contributed by atoms with Crippen LogP contribution in [-0.2, 0) is 4.79 Å². The van der Waals surface area contributed by atoms with Crippen molar-refractivity contribution in [3.63, 3.8) is 0 Å². The molecule has 134 valence electrons. The number of likely N-dealkylation sites (N-methyl/N-ethyl adjacent to an activating group) is 1.